The lowest BCUT2D eigenvalue weighted by atomic mass is 10.0. The predicted molar refractivity (Wildman–Crippen MR) is 158 cm³/mol. The van der Waals surface area contributed by atoms with Crippen LogP contribution in [-0.2, 0) is 0 Å². The number of carbonyl (C=O) groups excluding carboxylic acids is 2. The molecule has 0 unspecified atom stereocenters. The van der Waals surface area contributed by atoms with Gasteiger partial charge in [-0.15, -0.1) is 0 Å². The number of halogens is 2. The minimum Gasteiger partial charge on any atom is -0.490 e. The molecule has 0 atom stereocenters. The first kappa shape index (κ1) is 27.0. The zero-order chi connectivity index (χ0) is 28.1. The molecule has 200 valence electrons. The van der Waals surface area contributed by atoms with E-state index in [0.29, 0.717) is 44.7 Å². The smallest absolute Gasteiger partial charge is 0.343 e. The number of nitrogens with one attached hydrogen (secondary N) is 2. The SMILES string of the molecule is CCOc1cc(C=NNC(=O)c2[nH]c3c(Cl)cccc3c2-c2ccccc2)ccc1OC(=O)c1ccc(Cl)cc1. The quantitative estimate of drug-likeness (QED) is 0.0871. The Balaban J connectivity index is 1.36. The van der Waals surface area contributed by atoms with Crippen molar-refractivity contribution < 1.29 is 19.1 Å². The first-order valence-corrected chi connectivity index (χ1v) is 13.1. The lowest BCUT2D eigenvalue weighted by Crippen LogP contribution is -2.18. The van der Waals surface area contributed by atoms with Crippen LogP contribution in [0.25, 0.3) is 22.0 Å². The van der Waals surface area contributed by atoms with Gasteiger partial charge in [-0.1, -0.05) is 65.7 Å². The van der Waals surface area contributed by atoms with Gasteiger partial charge in [0.15, 0.2) is 11.5 Å². The number of hydrazone groups is 1. The van der Waals surface area contributed by atoms with Gasteiger partial charge in [0.2, 0.25) is 0 Å². The molecule has 1 amide bonds. The Morgan fingerprint density at radius 2 is 1.70 bits per heavy atom. The first-order chi connectivity index (χ1) is 19.4. The number of carbonyl (C=O) groups is 2. The summed E-state index contributed by atoms with van der Waals surface area (Å²) in [7, 11) is 0. The van der Waals surface area contributed by atoms with Gasteiger partial charge in [0.05, 0.1) is 28.9 Å². The number of hydrogen-bond acceptors (Lipinski definition) is 5. The van der Waals surface area contributed by atoms with E-state index in [1.807, 2.05) is 49.4 Å². The second-order valence-electron chi connectivity index (χ2n) is 8.64. The van der Waals surface area contributed by atoms with Crippen molar-refractivity contribution in [3.05, 3.63) is 118 Å². The van der Waals surface area contributed by atoms with E-state index < -0.39 is 11.9 Å². The third-order valence-electron chi connectivity index (χ3n) is 6.00. The number of H-pyrrole nitrogens is 1. The molecule has 1 aromatic heterocycles. The van der Waals surface area contributed by atoms with Crippen molar-refractivity contribution in [2.75, 3.05) is 6.61 Å². The Morgan fingerprint density at radius 1 is 0.925 bits per heavy atom. The fraction of sp³-hybridized carbons (Fsp3) is 0.0645. The van der Waals surface area contributed by atoms with E-state index in [1.165, 1.54) is 6.21 Å². The molecule has 0 aliphatic carbocycles. The van der Waals surface area contributed by atoms with Crippen LogP contribution >= 0.6 is 23.2 Å². The zero-order valence-corrected chi connectivity index (χ0v) is 22.8. The van der Waals surface area contributed by atoms with Crippen LogP contribution in [0.3, 0.4) is 0 Å². The summed E-state index contributed by atoms with van der Waals surface area (Å²) in [5.41, 5.74) is 6.17. The molecule has 0 saturated carbocycles. The molecule has 40 heavy (non-hydrogen) atoms. The summed E-state index contributed by atoms with van der Waals surface area (Å²) in [4.78, 5) is 28.9. The second-order valence-corrected chi connectivity index (χ2v) is 9.48. The Kier molecular flexibility index (Phi) is 8.15. The normalized spacial score (nSPS) is 11.1. The summed E-state index contributed by atoms with van der Waals surface area (Å²) >= 11 is 12.3. The van der Waals surface area contributed by atoms with Crippen molar-refractivity contribution >= 4 is 52.2 Å². The summed E-state index contributed by atoms with van der Waals surface area (Å²) in [6, 6.07) is 26.5. The number of para-hydroxylation sites is 1. The lowest BCUT2D eigenvalue weighted by molar-refractivity contribution is 0.0728. The van der Waals surface area contributed by atoms with Crippen LogP contribution in [-0.4, -0.2) is 29.7 Å². The van der Waals surface area contributed by atoms with E-state index in [0.717, 1.165) is 16.5 Å². The Labute approximate surface area is 240 Å². The molecular formula is C31H23Cl2N3O4. The van der Waals surface area contributed by atoms with Crippen LogP contribution < -0.4 is 14.9 Å². The molecule has 7 nitrogen and oxygen atoms in total. The minimum atomic E-state index is -0.543. The van der Waals surface area contributed by atoms with Crippen molar-refractivity contribution in [3.63, 3.8) is 0 Å². The van der Waals surface area contributed by atoms with Gasteiger partial charge in [-0.2, -0.15) is 5.10 Å². The van der Waals surface area contributed by atoms with Crippen molar-refractivity contribution in [2.45, 2.75) is 6.92 Å². The maximum absolute atomic E-state index is 13.2. The molecule has 0 bridgehead atoms. The van der Waals surface area contributed by atoms with Crippen LogP contribution in [0.15, 0.2) is 96.1 Å². The fourth-order valence-corrected chi connectivity index (χ4v) is 4.53. The van der Waals surface area contributed by atoms with Gasteiger partial charge in [-0.3, -0.25) is 4.79 Å². The number of hydrogen-bond donors (Lipinski definition) is 2. The molecule has 0 aliphatic rings. The van der Waals surface area contributed by atoms with Crippen LogP contribution in [0.1, 0.15) is 33.3 Å². The highest BCUT2D eigenvalue weighted by atomic mass is 35.5. The third-order valence-corrected chi connectivity index (χ3v) is 6.57. The van der Waals surface area contributed by atoms with Gasteiger partial charge >= 0.3 is 5.97 Å². The molecular weight excluding hydrogens is 549 g/mol. The number of ether oxygens (including phenoxy) is 2. The lowest BCUT2D eigenvalue weighted by Gasteiger charge is -2.11. The number of nitrogens with zero attached hydrogens (tertiary/aromatic N) is 1. The molecule has 5 rings (SSSR count). The summed E-state index contributed by atoms with van der Waals surface area (Å²) < 4.78 is 11.2. The second kappa shape index (κ2) is 12.1. The van der Waals surface area contributed by atoms with Gasteiger partial charge in [-0.25, -0.2) is 10.2 Å². The van der Waals surface area contributed by atoms with Gasteiger partial charge in [0.25, 0.3) is 5.91 Å². The number of esters is 1. The molecule has 2 N–H and O–H groups in total. The van der Waals surface area contributed by atoms with Gasteiger partial charge in [-0.05, 0) is 66.6 Å². The van der Waals surface area contributed by atoms with E-state index in [4.69, 9.17) is 32.7 Å². The van der Waals surface area contributed by atoms with Gasteiger partial charge in [0, 0.05) is 16.0 Å². The highest BCUT2D eigenvalue weighted by Gasteiger charge is 2.20. The van der Waals surface area contributed by atoms with E-state index in [2.05, 4.69) is 15.5 Å². The maximum atomic E-state index is 13.2. The van der Waals surface area contributed by atoms with Crippen LogP contribution in [0.2, 0.25) is 10.0 Å². The summed E-state index contributed by atoms with van der Waals surface area (Å²) in [5, 5.41) is 6.00. The largest absolute Gasteiger partial charge is 0.490 e. The molecule has 9 heteroatoms. The molecule has 1 heterocycles. The fourth-order valence-electron chi connectivity index (χ4n) is 4.18. The van der Waals surface area contributed by atoms with E-state index >= 15 is 0 Å². The Morgan fingerprint density at radius 3 is 2.45 bits per heavy atom. The summed E-state index contributed by atoms with van der Waals surface area (Å²) in [6.07, 6.45) is 1.48. The standard InChI is InChI=1S/C31H23Cl2N3O4/c1-2-39-26-17-19(11-16-25(26)40-31(38)21-12-14-22(32)15-13-21)18-34-36-30(37)29-27(20-7-4-3-5-8-20)23-9-6-10-24(33)28(23)35-29/h3-18,35H,2H2,1H3,(H,36,37). The van der Waals surface area contributed by atoms with Crippen molar-refractivity contribution in [1.82, 2.24) is 10.4 Å². The van der Waals surface area contributed by atoms with Gasteiger partial charge < -0.3 is 14.5 Å². The van der Waals surface area contributed by atoms with Crippen LogP contribution in [0.5, 0.6) is 11.5 Å². The molecule has 0 aliphatic heterocycles. The number of amides is 1. The number of rotatable bonds is 8. The Bertz CT molecular complexity index is 1710. The monoisotopic (exact) mass is 571 g/mol. The zero-order valence-electron chi connectivity index (χ0n) is 21.3. The van der Waals surface area contributed by atoms with E-state index in [-0.39, 0.29) is 5.75 Å². The minimum absolute atomic E-state index is 0.255. The topological polar surface area (TPSA) is 92.8 Å². The number of fused-ring (bicyclic) bond motifs is 1. The Hall–Kier alpha value is -4.59. The average molecular weight is 572 g/mol. The predicted octanol–water partition coefficient (Wildman–Crippen LogP) is 7.52. The highest BCUT2D eigenvalue weighted by molar-refractivity contribution is 6.36. The average Bonchev–Trinajstić information content (AvgIpc) is 3.36. The summed E-state index contributed by atoms with van der Waals surface area (Å²) in [6.45, 7) is 2.18. The van der Waals surface area contributed by atoms with E-state index in [9.17, 15) is 9.59 Å². The third kappa shape index (κ3) is 5.86. The number of aromatic nitrogens is 1. The summed E-state index contributed by atoms with van der Waals surface area (Å²) in [5.74, 6) is -0.359. The van der Waals surface area contributed by atoms with Crippen molar-refractivity contribution in [3.8, 4) is 22.6 Å². The van der Waals surface area contributed by atoms with Crippen LogP contribution in [0, 0.1) is 0 Å². The number of aromatic amines is 1. The van der Waals surface area contributed by atoms with Crippen LogP contribution in [0.4, 0.5) is 0 Å². The highest BCUT2D eigenvalue weighted by Crippen LogP contribution is 2.35. The molecule has 0 spiro atoms. The van der Waals surface area contributed by atoms with Crippen molar-refractivity contribution in [2.24, 2.45) is 5.10 Å². The number of benzene rings is 4. The molecule has 4 aromatic carbocycles. The van der Waals surface area contributed by atoms with E-state index in [1.54, 1.807) is 48.5 Å². The maximum Gasteiger partial charge on any atom is 0.343 e. The molecule has 0 fully saturated rings. The molecule has 0 radical (unpaired) electrons. The van der Waals surface area contributed by atoms with Crippen molar-refractivity contribution in [1.29, 1.82) is 0 Å². The molecule has 5 aromatic rings. The molecule has 0 saturated heterocycles. The van der Waals surface area contributed by atoms with Gasteiger partial charge in [0.1, 0.15) is 5.69 Å². The first-order valence-electron chi connectivity index (χ1n) is 12.4.